The van der Waals surface area contributed by atoms with Crippen LogP contribution in [-0.4, -0.2) is 80.3 Å². The summed E-state index contributed by atoms with van der Waals surface area (Å²) in [6, 6.07) is 1.89. The van der Waals surface area contributed by atoms with E-state index in [-0.39, 0.29) is 30.5 Å². The second-order valence-corrected chi connectivity index (χ2v) is 7.72. The van der Waals surface area contributed by atoms with Gasteiger partial charge < -0.3 is 30.0 Å². The highest BCUT2D eigenvalue weighted by atomic mass is 127. The minimum absolute atomic E-state index is 0. The third kappa shape index (κ3) is 7.88. The number of aliphatic imine (C=N–C) groups is 1. The summed E-state index contributed by atoms with van der Waals surface area (Å²) in [6.07, 6.45) is 1.22. The van der Waals surface area contributed by atoms with E-state index in [0.717, 1.165) is 62.3 Å². The molecule has 1 aliphatic heterocycles. The van der Waals surface area contributed by atoms with Gasteiger partial charge in [-0.3, -0.25) is 0 Å². The van der Waals surface area contributed by atoms with Crippen LogP contribution < -0.4 is 10.6 Å². The number of nitrogens with one attached hydrogen (secondary N) is 2. The maximum absolute atomic E-state index is 10.8. The second-order valence-electron chi connectivity index (χ2n) is 7.72. The van der Waals surface area contributed by atoms with Gasteiger partial charge in [0.15, 0.2) is 5.96 Å². The van der Waals surface area contributed by atoms with Crippen LogP contribution in [0.25, 0.3) is 0 Å². The second kappa shape index (κ2) is 12.0. The summed E-state index contributed by atoms with van der Waals surface area (Å²) >= 11 is 0. The highest BCUT2D eigenvalue weighted by molar-refractivity contribution is 14.0. The van der Waals surface area contributed by atoms with Gasteiger partial charge in [0, 0.05) is 38.3 Å². The van der Waals surface area contributed by atoms with Gasteiger partial charge in [-0.15, -0.1) is 24.0 Å². The van der Waals surface area contributed by atoms with E-state index in [4.69, 9.17) is 4.42 Å². The number of aliphatic hydroxyl groups is 1. The molecule has 0 amide bonds. The first kappa shape index (κ1) is 25.2. The number of halogens is 1. The molecule has 1 saturated heterocycles. The van der Waals surface area contributed by atoms with Gasteiger partial charge in [-0.05, 0) is 60.3 Å². The van der Waals surface area contributed by atoms with Gasteiger partial charge in [0.05, 0.1) is 6.54 Å². The number of furan rings is 1. The molecule has 1 unspecified atom stereocenters. The zero-order valence-corrected chi connectivity index (χ0v) is 20.4. The SMILES string of the molecule is CCNC(=NCC(C)(O)c1cc(C)oc1C)NCCN1CCCN(C)CC1.I. The van der Waals surface area contributed by atoms with Crippen molar-refractivity contribution >= 4 is 29.9 Å². The van der Waals surface area contributed by atoms with Gasteiger partial charge in [-0.2, -0.15) is 0 Å². The molecule has 0 aliphatic carbocycles. The molecule has 0 spiro atoms. The monoisotopic (exact) mass is 507 g/mol. The van der Waals surface area contributed by atoms with Gasteiger partial charge in [0.1, 0.15) is 17.1 Å². The molecule has 1 atom stereocenters. The Balaban J connectivity index is 0.00000392. The minimum atomic E-state index is -1.06. The van der Waals surface area contributed by atoms with Crippen molar-refractivity contribution in [1.82, 2.24) is 20.4 Å². The van der Waals surface area contributed by atoms with Crippen LogP contribution in [0.1, 0.15) is 37.4 Å². The van der Waals surface area contributed by atoms with Crippen LogP contribution in [0, 0.1) is 13.8 Å². The van der Waals surface area contributed by atoms with E-state index >= 15 is 0 Å². The molecule has 2 heterocycles. The van der Waals surface area contributed by atoms with Crippen LogP contribution >= 0.6 is 24.0 Å². The van der Waals surface area contributed by atoms with E-state index < -0.39 is 5.60 Å². The standard InChI is InChI=1S/C20H37N5O2.HI/c1-6-21-19(22-8-11-25-10-7-9-24(5)12-13-25)23-15-20(4,26)18-14-16(2)27-17(18)3;/h14,26H,6-13,15H2,1-5H3,(H2,21,22,23);1H. The first-order chi connectivity index (χ1) is 12.8. The lowest BCUT2D eigenvalue weighted by atomic mass is 9.96. The minimum Gasteiger partial charge on any atom is -0.466 e. The molecule has 7 nitrogen and oxygen atoms in total. The Bertz CT molecular complexity index is 618. The smallest absolute Gasteiger partial charge is 0.191 e. The van der Waals surface area contributed by atoms with Crippen LogP contribution in [0.5, 0.6) is 0 Å². The Labute approximate surface area is 187 Å². The van der Waals surface area contributed by atoms with E-state index in [2.05, 4.69) is 32.5 Å². The molecule has 8 heteroatoms. The Hall–Kier alpha value is -0.840. The number of rotatable bonds is 7. The fourth-order valence-corrected chi connectivity index (χ4v) is 3.48. The van der Waals surface area contributed by atoms with Crippen molar-refractivity contribution in [3.63, 3.8) is 0 Å². The molecule has 28 heavy (non-hydrogen) atoms. The van der Waals surface area contributed by atoms with Crippen molar-refractivity contribution in [3.05, 3.63) is 23.2 Å². The lowest BCUT2D eigenvalue weighted by Crippen LogP contribution is -2.43. The highest BCUT2D eigenvalue weighted by Crippen LogP contribution is 2.27. The van der Waals surface area contributed by atoms with Crippen molar-refractivity contribution in [2.24, 2.45) is 4.99 Å². The maximum atomic E-state index is 10.8. The number of hydrogen-bond donors (Lipinski definition) is 3. The van der Waals surface area contributed by atoms with Crippen molar-refractivity contribution in [1.29, 1.82) is 0 Å². The Morgan fingerprint density at radius 2 is 2.00 bits per heavy atom. The number of nitrogens with zero attached hydrogens (tertiary/aromatic N) is 3. The Kier molecular flexibility index (Phi) is 10.8. The molecule has 0 radical (unpaired) electrons. The van der Waals surface area contributed by atoms with Crippen molar-refractivity contribution in [3.8, 4) is 0 Å². The molecule has 0 aromatic carbocycles. The zero-order valence-electron chi connectivity index (χ0n) is 18.0. The van der Waals surface area contributed by atoms with E-state index in [0.29, 0.717) is 0 Å². The topological polar surface area (TPSA) is 76.3 Å². The molecule has 3 N–H and O–H groups in total. The Morgan fingerprint density at radius 3 is 2.64 bits per heavy atom. The fraction of sp³-hybridized carbons (Fsp3) is 0.750. The van der Waals surface area contributed by atoms with Crippen molar-refractivity contribution < 1.29 is 9.52 Å². The predicted octanol–water partition coefficient (Wildman–Crippen LogP) is 1.91. The third-order valence-corrected chi connectivity index (χ3v) is 5.04. The molecule has 1 aliphatic rings. The molecule has 2 rings (SSSR count). The van der Waals surface area contributed by atoms with Gasteiger partial charge in [-0.1, -0.05) is 0 Å². The maximum Gasteiger partial charge on any atom is 0.191 e. The Morgan fingerprint density at radius 1 is 1.25 bits per heavy atom. The lowest BCUT2D eigenvalue weighted by molar-refractivity contribution is 0.0657. The summed E-state index contributed by atoms with van der Waals surface area (Å²) in [5.74, 6) is 2.29. The molecule has 0 saturated carbocycles. The summed E-state index contributed by atoms with van der Waals surface area (Å²) < 4.78 is 5.56. The normalized spacial score (nSPS) is 18.9. The number of likely N-dealkylation sites (N-methyl/N-ethyl adjacent to an activating group) is 1. The van der Waals surface area contributed by atoms with Crippen LogP contribution in [0.4, 0.5) is 0 Å². The van der Waals surface area contributed by atoms with Crippen LogP contribution in [0.3, 0.4) is 0 Å². The molecular formula is C20H38IN5O2. The molecule has 1 aromatic rings. The van der Waals surface area contributed by atoms with Crippen molar-refractivity contribution in [2.45, 2.75) is 39.7 Å². The van der Waals surface area contributed by atoms with E-state index in [1.807, 2.05) is 26.8 Å². The van der Waals surface area contributed by atoms with Gasteiger partial charge in [0.2, 0.25) is 0 Å². The van der Waals surface area contributed by atoms with Crippen molar-refractivity contribution in [2.75, 3.05) is 59.4 Å². The van der Waals surface area contributed by atoms with Crippen LogP contribution in [0.15, 0.2) is 15.5 Å². The summed E-state index contributed by atoms with van der Waals surface area (Å²) in [5.41, 5.74) is -0.257. The number of guanidine groups is 1. The fourth-order valence-electron chi connectivity index (χ4n) is 3.48. The number of aryl methyl sites for hydroxylation is 2. The average molecular weight is 507 g/mol. The van der Waals surface area contributed by atoms with Gasteiger partial charge in [0.25, 0.3) is 0 Å². The molecule has 0 bridgehead atoms. The quantitative estimate of drug-likeness (QED) is 0.298. The van der Waals surface area contributed by atoms with E-state index in [1.54, 1.807) is 6.92 Å². The molecule has 1 fully saturated rings. The van der Waals surface area contributed by atoms with E-state index in [9.17, 15) is 5.11 Å². The molecule has 1 aromatic heterocycles. The number of hydrogen-bond acceptors (Lipinski definition) is 5. The summed E-state index contributed by atoms with van der Waals surface area (Å²) in [4.78, 5) is 9.48. The van der Waals surface area contributed by atoms with Gasteiger partial charge in [-0.25, -0.2) is 4.99 Å². The lowest BCUT2D eigenvalue weighted by Gasteiger charge is -2.23. The first-order valence-electron chi connectivity index (χ1n) is 10.0. The molecule has 162 valence electrons. The summed E-state index contributed by atoms with van der Waals surface area (Å²) in [6.45, 7) is 15.0. The average Bonchev–Trinajstić information content (AvgIpc) is 2.82. The predicted molar refractivity (Wildman–Crippen MR) is 126 cm³/mol. The highest BCUT2D eigenvalue weighted by Gasteiger charge is 2.27. The first-order valence-corrected chi connectivity index (χ1v) is 10.0. The van der Waals surface area contributed by atoms with Gasteiger partial charge >= 0.3 is 0 Å². The third-order valence-electron chi connectivity index (χ3n) is 5.04. The molecular weight excluding hydrogens is 469 g/mol. The summed E-state index contributed by atoms with van der Waals surface area (Å²) in [7, 11) is 2.19. The van der Waals surface area contributed by atoms with Crippen LogP contribution in [-0.2, 0) is 5.60 Å². The summed E-state index contributed by atoms with van der Waals surface area (Å²) in [5, 5.41) is 17.5. The zero-order chi connectivity index (χ0) is 19.9. The van der Waals surface area contributed by atoms with Crippen LogP contribution in [0.2, 0.25) is 0 Å². The van der Waals surface area contributed by atoms with E-state index in [1.165, 1.54) is 13.0 Å². The largest absolute Gasteiger partial charge is 0.466 e.